The molecule has 0 amide bonds. The third-order valence-electron chi connectivity index (χ3n) is 3.21. The van der Waals surface area contributed by atoms with Crippen LogP contribution in [0, 0.1) is 5.82 Å². The molecule has 112 valence electrons. The van der Waals surface area contributed by atoms with Crippen LogP contribution in [0.25, 0.3) is 0 Å². The van der Waals surface area contributed by atoms with Crippen LogP contribution in [0.15, 0.2) is 48.5 Å². The van der Waals surface area contributed by atoms with Crippen molar-refractivity contribution in [1.29, 1.82) is 0 Å². The van der Waals surface area contributed by atoms with Crippen molar-refractivity contribution in [3.63, 3.8) is 0 Å². The van der Waals surface area contributed by atoms with E-state index < -0.39 is 6.61 Å². The molecule has 0 aliphatic rings. The SMILES string of the molecule is CNC(Cc1ccc(F)cc1)c1ccc(OC(F)F)cc1. The van der Waals surface area contributed by atoms with E-state index in [0.29, 0.717) is 6.42 Å². The molecule has 1 atom stereocenters. The average molecular weight is 295 g/mol. The number of rotatable bonds is 6. The molecule has 0 fully saturated rings. The van der Waals surface area contributed by atoms with Crippen LogP contribution >= 0.6 is 0 Å². The molecule has 5 heteroatoms. The number of ether oxygens (including phenoxy) is 1. The number of nitrogens with one attached hydrogen (secondary N) is 1. The van der Waals surface area contributed by atoms with E-state index in [4.69, 9.17) is 0 Å². The van der Waals surface area contributed by atoms with Crippen molar-refractivity contribution in [2.24, 2.45) is 0 Å². The Morgan fingerprint density at radius 1 is 1.00 bits per heavy atom. The molecule has 1 N–H and O–H groups in total. The average Bonchev–Trinajstić information content (AvgIpc) is 2.47. The van der Waals surface area contributed by atoms with Crippen molar-refractivity contribution in [2.45, 2.75) is 19.1 Å². The van der Waals surface area contributed by atoms with E-state index >= 15 is 0 Å². The quantitative estimate of drug-likeness (QED) is 0.872. The molecule has 2 rings (SSSR count). The summed E-state index contributed by atoms with van der Waals surface area (Å²) >= 11 is 0. The van der Waals surface area contributed by atoms with Gasteiger partial charge in [-0.3, -0.25) is 0 Å². The van der Waals surface area contributed by atoms with Crippen molar-refractivity contribution in [3.8, 4) is 5.75 Å². The molecule has 21 heavy (non-hydrogen) atoms. The first-order chi connectivity index (χ1) is 10.1. The minimum atomic E-state index is -2.82. The molecule has 0 heterocycles. The highest BCUT2D eigenvalue weighted by Crippen LogP contribution is 2.22. The second kappa shape index (κ2) is 7.13. The van der Waals surface area contributed by atoms with E-state index in [9.17, 15) is 13.2 Å². The fraction of sp³-hybridized carbons (Fsp3) is 0.250. The molecule has 2 aromatic rings. The Morgan fingerprint density at radius 3 is 2.14 bits per heavy atom. The number of benzene rings is 2. The molecule has 1 unspecified atom stereocenters. The maximum Gasteiger partial charge on any atom is 0.387 e. The molecule has 0 aliphatic carbocycles. The molecule has 0 spiro atoms. The summed E-state index contributed by atoms with van der Waals surface area (Å²) in [6, 6.07) is 12.8. The first-order valence-electron chi connectivity index (χ1n) is 6.55. The lowest BCUT2D eigenvalue weighted by Crippen LogP contribution is -2.18. The van der Waals surface area contributed by atoms with Gasteiger partial charge >= 0.3 is 6.61 Å². The van der Waals surface area contributed by atoms with Gasteiger partial charge in [-0.15, -0.1) is 0 Å². The van der Waals surface area contributed by atoms with Gasteiger partial charge in [-0.05, 0) is 48.9 Å². The fourth-order valence-electron chi connectivity index (χ4n) is 2.12. The summed E-state index contributed by atoms with van der Waals surface area (Å²) in [7, 11) is 1.82. The predicted octanol–water partition coefficient (Wildman–Crippen LogP) is 3.93. The van der Waals surface area contributed by atoms with E-state index in [2.05, 4.69) is 10.1 Å². The molecule has 0 radical (unpaired) electrons. The summed E-state index contributed by atoms with van der Waals surface area (Å²) in [6.07, 6.45) is 0.672. The molecule has 0 bridgehead atoms. The van der Waals surface area contributed by atoms with E-state index in [1.165, 1.54) is 24.3 Å². The molecule has 0 saturated heterocycles. The topological polar surface area (TPSA) is 21.3 Å². The number of likely N-dealkylation sites (N-methyl/N-ethyl adjacent to an activating group) is 1. The van der Waals surface area contributed by atoms with Gasteiger partial charge in [0.1, 0.15) is 11.6 Å². The molecule has 0 aromatic heterocycles. The second-order valence-electron chi connectivity index (χ2n) is 4.62. The van der Waals surface area contributed by atoms with E-state index in [0.717, 1.165) is 11.1 Å². The largest absolute Gasteiger partial charge is 0.435 e. The number of halogens is 3. The lowest BCUT2D eigenvalue weighted by Gasteiger charge is -2.17. The van der Waals surface area contributed by atoms with Gasteiger partial charge in [0, 0.05) is 6.04 Å². The van der Waals surface area contributed by atoms with Crippen LogP contribution in [0.3, 0.4) is 0 Å². The highest BCUT2D eigenvalue weighted by molar-refractivity contribution is 5.30. The lowest BCUT2D eigenvalue weighted by molar-refractivity contribution is -0.0498. The zero-order valence-electron chi connectivity index (χ0n) is 11.5. The van der Waals surface area contributed by atoms with Crippen molar-refractivity contribution in [2.75, 3.05) is 7.05 Å². The van der Waals surface area contributed by atoms with Crippen LogP contribution < -0.4 is 10.1 Å². The Hall–Kier alpha value is -2.01. The molecular weight excluding hydrogens is 279 g/mol. The van der Waals surface area contributed by atoms with Crippen LogP contribution in [-0.4, -0.2) is 13.7 Å². The van der Waals surface area contributed by atoms with Gasteiger partial charge in [0.25, 0.3) is 0 Å². The zero-order chi connectivity index (χ0) is 15.2. The predicted molar refractivity (Wildman–Crippen MR) is 75.0 cm³/mol. The van der Waals surface area contributed by atoms with Crippen LogP contribution in [0.1, 0.15) is 17.2 Å². The monoisotopic (exact) mass is 295 g/mol. The summed E-state index contributed by atoms with van der Waals surface area (Å²) in [5, 5.41) is 3.16. The van der Waals surface area contributed by atoms with Gasteiger partial charge in [-0.1, -0.05) is 24.3 Å². The van der Waals surface area contributed by atoms with Gasteiger partial charge in [-0.2, -0.15) is 8.78 Å². The molecule has 0 saturated carbocycles. The highest BCUT2D eigenvalue weighted by atomic mass is 19.3. The number of hydrogen-bond acceptors (Lipinski definition) is 2. The Bertz CT molecular complexity index is 555. The standard InChI is InChI=1S/C16H16F3NO/c1-20-15(10-11-2-6-13(17)7-3-11)12-4-8-14(9-5-12)21-16(18)19/h2-9,15-16,20H,10H2,1H3. The molecule has 2 aromatic carbocycles. The Kier molecular flexibility index (Phi) is 5.22. The molecule has 2 nitrogen and oxygen atoms in total. The summed E-state index contributed by atoms with van der Waals surface area (Å²) < 4.78 is 41.4. The second-order valence-corrected chi connectivity index (χ2v) is 4.62. The van der Waals surface area contributed by atoms with Gasteiger partial charge in [0.05, 0.1) is 0 Å². The van der Waals surface area contributed by atoms with E-state index in [1.54, 1.807) is 24.3 Å². The third-order valence-corrected chi connectivity index (χ3v) is 3.21. The molecular formula is C16H16F3NO. The number of alkyl halides is 2. The van der Waals surface area contributed by atoms with Crippen molar-refractivity contribution in [3.05, 3.63) is 65.5 Å². The Balaban J connectivity index is 2.08. The third kappa shape index (κ3) is 4.49. The van der Waals surface area contributed by atoms with Crippen molar-refractivity contribution >= 4 is 0 Å². The van der Waals surface area contributed by atoms with Crippen LogP contribution in [0.4, 0.5) is 13.2 Å². The van der Waals surface area contributed by atoms with E-state index in [-0.39, 0.29) is 17.6 Å². The summed E-state index contributed by atoms with van der Waals surface area (Å²) in [5.74, 6) is -0.140. The molecule has 0 aliphatic heterocycles. The van der Waals surface area contributed by atoms with Gasteiger partial charge < -0.3 is 10.1 Å². The van der Waals surface area contributed by atoms with Crippen LogP contribution in [0.2, 0.25) is 0 Å². The van der Waals surface area contributed by atoms with Crippen molar-refractivity contribution < 1.29 is 17.9 Å². The highest BCUT2D eigenvalue weighted by Gasteiger charge is 2.11. The maximum absolute atomic E-state index is 12.9. The van der Waals surface area contributed by atoms with Gasteiger partial charge in [0.15, 0.2) is 0 Å². The summed E-state index contributed by atoms with van der Waals surface area (Å²) in [6.45, 7) is -2.82. The Labute approximate surface area is 121 Å². The first-order valence-corrected chi connectivity index (χ1v) is 6.55. The minimum absolute atomic E-state index is 0.0102. The number of hydrogen-bond donors (Lipinski definition) is 1. The smallest absolute Gasteiger partial charge is 0.387 e. The lowest BCUT2D eigenvalue weighted by atomic mass is 9.99. The van der Waals surface area contributed by atoms with Crippen LogP contribution in [0.5, 0.6) is 5.75 Å². The zero-order valence-corrected chi connectivity index (χ0v) is 11.5. The maximum atomic E-state index is 12.9. The normalized spacial score (nSPS) is 12.4. The first kappa shape index (κ1) is 15.4. The fourth-order valence-corrected chi connectivity index (χ4v) is 2.12. The minimum Gasteiger partial charge on any atom is -0.435 e. The van der Waals surface area contributed by atoms with E-state index in [1.807, 2.05) is 7.05 Å². The van der Waals surface area contributed by atoms with Gasteiger partial charge in [0.2, 0.25) is 0 Å². The van der Waals surface area contributed by atoms with Gasteiger partial charge in [-0.25, -0.2) is 4.39 Å². The summed E-state index contributed by atoms with van der Waals surface area (Å²) in [5.41, 5.74) is 1.94. The Morgan fingerprint density at radius 2 is 1.62 bits per heavy atom. The summed E-state index contributed by atoms with van der Waals surface area (Å²) in [4.78, 5) is 0. The van der Waals surface area contributed by atoms with Crippen molar-refractivity contribution in [1.82, 2.24) is 5.32 Å². The van der Waals surface area contributed by atoms with Crippen LogP contribution in [-0.2, 0) is 6.42 Å².